The van der Waals surface area contributed by atoms with Gasteiger partial charge in [-0.05, 0) is 56.4 Å². The van der Waals surface area contributed by atoms with Crippen molar-refractivity contribution in [1.82, 2.24) is 9.38 Å². The van der Waals surface area contributed by atoms with Crippen molar-refractivity contribution in [2.75, 3.05) is 11.9 Å². The van der Waals surface area contributed by atoms with Crippen LogP contribution in [0.25, 0.3) is 23.0 Å². The molecule has 0 atom stereocenters. The van der Waals surface area contributed by atoms with Crippen molar-refractivity contribution >= 4 is 39.9 Å². The minimum Gasteiger partial charge on any atom is -0.462 e. The van der Waals surface area contributed by atoms with Crippen molar-refractivity contribution in [3.8, 4) is 17.3 Å². The lowest BCUT2D eigenvalue weighted by Gasteiger charge is -2.12. The lowest BCUT2D eigenvalue weighted by Crippen LogP contribution is -2.16. The highest BCUT2D eigenvalue weighted by Gasteiger charge is 2.28. The summed E-state index contributed by atoms with van der Waals surface area (Å²) >= 11 is 1.40. The van der Waals surface area contributed by atoms with Gasteiger partial charge in [-0.1, -0.05) is 36.4 Å². The minimum absolute atomic E-state index is 0.0842. The van der Waals surface area contributed by atoms with E-state index in [0.717, 1.165) is 41.7 Å². The molecule has 36 heavy (non-hydrogen) atoms. The number of carbonyl (C=O) groups excluding carboxylic acids is 2. The SMILES string of the molecule is CCOC(=O)c1c(NC(=O)/C(C#N)=C/c2c(-c3ccccc3)nc3ccccn23)sc2c1CCCC2. The van der Waals surface area contributed by atoms with E-state index in [2.05, 4.69) is 5.32 Å². The molecule has 0 saturated carbocycles. The molecule has 8 heteroatoms. The van der Waals surface area contributed by atoms with Crippen LogP contribution in [0.15, 0.2) is 60.3 Å². The summed E-state index contributed by atoms with van der Waals surface area (Å²) in [5, 5.41) is 13.2. The van der Waals surface area contributed by atoms with E-state index in [1.165, 1.54) is 11.3 Å². The van der Waals surface area contributed by atoms with E-state index < -0.39 is 11.9 Å². The third-order valence-electron chi connectivity index (χ3n) is 6.14. The van der Waals surface area contributed by atoms with E-state index in [0.29, 0.717) is 27.6 Å². The van der Waals surface area contributed by atoms with Crippen LogP contribution in [0.1, 0.15) is 46.3 Å². The number of hydrogen-bond donors (Lipinski definition) is 1. The number of ether oxygens (including phenoxy) is 1. The zero-order chi connectivity index (χ0) is 25.1. The van der Waals surface area contributed by atoms with Crippen LogP contribution in [-0.4, -0.2) is 27.9 Å². The number of rotatable bonds is 6. The van der Waals surface area contributed by atoms with Gasteiger partial charge in [0.25, 0.3) is 5.91 Å². The first-order chi connectivity index (χ1) is 17.6. The molecule has 4 aromatic rings. The number of imidazole rings is 1. The number of hydrogen-bond acceptors (Lipinski definition) is 6. The number of nitrogens with zero attached hydrogens (tertiary/aromatic N) is 3. The number of amides is 1. The molecule has 5 rings (SSSR count). The van der Waals surface area contributed by atoms with Gasteiger partial charge in [0.1, 0.15) is 22.3 Å². The van der Waals surface area contributed by atoms with Gasteiger partial charge in [0, 0.05) is 16.6 Å². The maximum atomic E-state index is 13.3. The Morgan fingerprint density at radius 2 is 1.94 bits per heavy atom. The summed E-state index contributed by atoms with van der Waals surface area (Å²) in [5.41, 5.74) is 4.16. The average Bonchev–Trinajstić information content (AvgIpc) is 3.45. The van der Waals surface area contributed by atoms with Gasteiger partial charge in [-0.3, -0.25) is 9.20 Å². The van der Waals surface area contributed by atoms with Gasteiger partial charge in [0.2, 0.25) is 0 Å². The molecule has 0 saturated heterocycles. The lowest BCUT2D eigenvalue weighted by atomic mass is 9.95. The number of carbonyl (C=O) groups is 2. The summed E-state index contributed by atoms with van der Waals surface area (Å²) in [6.07, 6.45) is 7.08. The molecule has 180 valence electrons. The van der Waals surface area contributed by atoms with E-state index in [1.54, 1.807) is 13.0 Å². The number of esters is 1. The molecule has 0 unspecified atom stereocenters. The average molecular weight is 497 g/mol. The van der Waals surface area contributed by atoms with E-state index in [-0.39, 0.29) is 12.2 Å². The summed E-state index contributed by atoms with van der Waals surface area (Å²) in [6.45, 7) is 2.00. The normalized spacial score (nSPS) is 13.2. The zero-order valence-corrected chi connectivity index (χ0v) is 20.6. The van der Waals surface area contributed by atoms with Crippen molar-refractivity contribution in [1.29, 1.82) is 5.26 Å². The summed E-state index contributed by atoms with van der Waals surface area (Å²) in [4.78, 5) is 31.9. The fourth-order valence-corrected chi connectivity index (χ4v) is 5.76. The number of pyridine rings is 1. The van der Waals surface area contributed by atoms with Crippen LogP contribution in [0.2, 0.25) is 0 Å². The second kappa shape index (κ2) is 10.2. The van der Waals surface area contributed by atoms with Gasteiger partial charge in [-0.25, -0.2) is 9.78 Å². The molecule has 3 aromatic heterocycles. The molecule has 0 spiro atoms. The number of anilines is 1. The Morgan fingerprint density at radius 1 is 1.17 bits per heavy atom. The first-order valence-electron chi connectivity index (χ1n) is 11.9. The van der Waals surface area contributed by atoms with Gasteiger partial charge in [0.05, 0.1) is 23.6 Å². The third-order valence-corrected chi connectivity index (χ3v) is 7.35. The van der Waals surface area contributed by atoms with E-state index in [4.69, 9.17) is 9.72 Å². The standard InChI is InChI=1S/C28H24N4O3S/c1-2-35-28(34)24-20-12-6-7-13-22(20)36-27(24)31-26(33)19(17-29)16-21-25(18-10-4-3-5-11-18)30-23-14-8-9-15-32(21)23/h3-5,8-11,14-16H,2,6-7,12-13H2,1H3,(H,31,33)/b19-16+. The van der Waals surface area contributed by atoms with Crippen LogP contribution < -0.4 is 5.32 Å². The first-order valence-corrected chi connectivity index (χ1v) is 12.7. The van der Waals surface area contributed by atoms with Crippen molar-refractivity contribution < 1.29 is 14.3 Å². The van der Waals surface area contributed by atoms with Crippen molar-refractivity contribution in [2.24, 2.45) is 0 Å². The molecular formula is C28H24N4O3S. The number of benzene rings is 1. The predicted octanol–water partition coefficient (Wildman–Crippen LogP) is 5.66. The number of nitrogens with one attached hydrogen (secondary N) is 1. The second-order valence-corrected chi connectivity index (χ2v) is 9.51. The Balaban J connectivity index is 1.55. The summed E-state index contributed by atoms with van der Waals surface area (Å²) in [5.74, 6) is -1.02. The Hall–Kier alpha value is -4.22. The number of aromatic nitrogens is 2. The van der Waals surface area contributed by atoms with Gasteiger partial charge in [0.15, 0.2) is 0 Å². The Kier molecular flexibility index (Phi) is 6.65. The quantitative estimate of drug-likeness (QED) is 0.211. The highest BCUT2D eigenvalue weighted by molar-refractivity contribution is 7.17. The largest absolute Gasteiger partial charge is 0.462 e. The number of fused-ring (bicyclic) bond motifs is 2. The molecule has 7 nitrogen and oxygen atoms in total. The molecule has 3 heterocycles. The Bertz CT molecular complexity index is 1530. The van der Waals surface area contributed by atoms with Gasteiger partial charge >= 0.3 is 5.97 Å². The van der Waals surface area contributed by atoms with Gasteiger partial charge < -0.3 is 10.1 Å². The highest BCUT2D eigenvalue weighted by Crippen LogP contribution is 2.39. The first kappa shape index (κ1) is 23.5. The number of nitriles is 1. The molecule has 1 amide bonds. The van der Waals surface area contributed by atoms with Crippen LogP contribution in [0.3, 0.4) is 0 Å². The maximum Gasteiger partial charge on any atom is 0.341 e. The summed E-state index contributed by atoms with van der Waals surface area (Å²) in [7, 11) is 0. The molecular weight excluding hydrogens is 472 g/mol. The van der Waals surface area contributed by atoms with Crippen LogP contribution in [0.4, 0.5) is 5.00 Å². The zero-order valence-electron chi connectivity index (χ0n) is 19.8. The van der Waals surface area contributed by atoms with Crippen LogP contribution >= 0.6 is 11.3 Å². The molecule has 0 radical (unpaired) electrons. The number of aryl methyl sites for hydroxylation is 1. The van der Waals surface area contributed by atoms with Crippen LogP contribution in [-0.2, 0) is 22.4 Å². The topological polar surface area (TPSA) is 96.5 Å². The van der Waals surface area contributed by atoms with Crippen LogP contribution in [0, 0.1) is 11.3 Å². The van der Waals surface area contributed by atoms with Crippen molar-refractivity contribution in [3.05, 3.63) is 82.0 Å². The smallest absolute Gasteiger partial charge is 0.341 e. The molecule has 1 aromatic carbocycles. The molecule has 0 bridgehead atoms. The highest BCUT2D eigenvalue weighted by atomic mass is 32.1. The fourth-order valence-electron chi connectivity index (χ4n) is 4.49. The molecule has 0 aliphatic heterocycles. The monoisotopic (exact) mass is 496 g/mol. The van der Waals surface area contributed by atoms with Crippen molar-refractivity contribution in [3.63, 3.8) is 0 Å². The Labute approximate surface area is 212 Å². The van der Waals surface area contributed by atoms with E-state index in [9.17, 15) is 14.9 Å². The lowest BCUT2D eigenvalue weighted by molar-refractivity contribution is -0.112. The van der Waals surface area contributed by atoms with E-state index >= 15 is 0 Å². The van der Waals surface area contributed by atoms with Gasteiger partial charge in [-0.15, -0.1) is 11.3 Å². The minimum atomic E-state index is -0.577. The van der Waals surface area contributed by atoms with Gasteiger partial charge in [-0.2, -0.15) is 5.26 Å². The maximum absolute atomic E-state index is 13.3. The summed E-state index contributed by atoms with van der Waals surface area (Å²) in [6, 6.07) is 17.3. The van der Waals surface area contributed by atoms with Crippen molar-refractivity contribution in [2.45, 2.75) is 32.6 Å². The Morgan fingerprint density at radius 3 is 2.72 bits per heavy atom. The number of thiophene rings is 1. The van der Waals surface area contributed by atoms with E-state index in [1.807, 2.05) is 65.2 Å². The second-order valence-electron chi connectivity index (χ2n) is 8.40. The summed E-state index contributed by atoms with van der Waals surface area (Å²) < 4.78 is 7.13. The third kappa shape index (κ3) is 4.41. The molecule has 1 N–H and O–H groups in total. The molecule has 0 fully saturated rings. The fraction of sp³-hybridized carbons (Fsp3) is 0.214. The molecule has 1 aliphatic rings. The predicted molar refractivity (Wildman–Crippen MR) is 140 cm³/mol. The molecule has 1 aliphatic carbocycles. The van der Waals surface area contributed by atoms with Crippen LogP contribution in [0.5, 0.6) is 0 Å².